The number of aromatic carboxylic acids is 1. The lowest BCUT2D eigenvalue weighted by atomic mass is 10.1. The van der Waals surface area contributed by atoms with Gasteiger partial charge in [0.05, 0.1) is 5.56 Å². The average Bonchev–Trinajstić information content (AvgIpc) is 2.86. The van der Waals surface area contributed by atoms with Crippen LogP contribution in [0.15, 0.2) is 24.3 Å². The average molecular weight is 249 g/mol. The van der Waals surface area contributed by atoms with Crippen molar-refractivity contribution in [1.29, 1.82) is 0 Å². The van der Waals surface area contributed by atoms with Gasteiger partial charge in [0.25, 0.3) is 5.91 Å². The summed E-state index contributed by atoms with van der Waals surface area (Å²) in [6.45, 7) is 1.23. The summed E-state index contributed by atoms with van der Waals surface area (Å²) in [6.07, 6.45) is 0.793. The van der Waals surface area contributed by atoms with Crippen molar-refractivity contribution in [3.63, 3.8) is 0 Å². The lowest BCUT2D eigenvalue weighted by Crippen LogP contribution is -2.29. The van der Waals surface area contributed by atoms with Gasteiger partial charge in [-0.25, -0.2) is 4.79 Å². The van der Waals surface area contributed by atoms with E-state index in [2.05, 4.69) is 0 Å². The molecule has 0 bridgehead atoms. The minimum absolute atomic E-state index is 0.0823. The predicted molar refractivity (Wildman–Crippen MR) is 64.5 cm³/mol. The van der Waals surface area contributed by atoms with Crippen molar-refractivity contribution in [2.45, 2.75) is 6.42 Å². The van der Waals surface area contributed by atoms with Gasteiger partial charge in [-0.05, 0) is 24.6 Å². The fraction of sp³-hybridized carbons (Fsp3) is 0.385. The van der Waals surface area contributed by atoms with Crippen LogP contribution in [-0.4, -0.2) is 46.7 Å². The van der Waals surface area contributed by atoms with Crippen LogP contribution in [-0.2, 0) is 0 Å². The number of hydrogen-bond donors (Lipinski definition) is 2. The quantitative estimate of drug-likeness (QED) is 0.832. The van der Waals surface area contributed by atoms with Crippen LogP contribution in [0.25, 0.3) is 0 Å². The lowest BCUT2D eigenvalue weighted by molar-refractivity contribution is 0.0697. The van der Waals surface area contributed by atoms with E-state index in [9.17, 15) is 9.59 Å². The first-order chi connectivity index (χ1) is 8.61. The highest BCUT2D eigenvalue weighted by atomic mass is 16.4. The van der Waals surface area contributed by atoms with E-state index >= 15 is 0 Å². The number of aliphatic hydroxyl groups is 1. The molecule has 0 saturated carbocycles. The molecule has 1 fully saturated rings. The SMILES string of the molecule is O=C(O)c1cccc(C(=O)N2CCC(CO)C2)c1. The molecule has 1 amide bonds. The third kappa shape index (κ3) is 2.51. The molecule has 0 aliphatic carbocycles. The molecule has 5 heteroatoms. The Morgan fingerprint density at radius 1 is 1.33 bits per heavy atom. The van der Waals surface area contributed by atoms with Gasteiger partial charge < -0.3 is 15.1 Å². The van der Waals surface area contributed by atoms with Gasteiger partial charge in [-0.2, -0.15) is 0 Å². The summed E-state index contributed by atoms with van der Waals surface area (Å²) in [5.74, 6) is -1.08. The van der Waals surface area contributed by atoms with Crippen LogP contribution < -0.4 is 0 Å². The third-order valence-electron chi connectivity index (χ3n) is 3.19. The van der Waals surface area contributed by atoms with Gasteiger partial charge in [0.2, 0.25) is 0 Å². The van der Waals surface area contributed by atoms with E-state index in [1.54, 1.807) is 17.0 Å². The molecular weight excluding hydrogens is 234 g/mol. The summed E-state index contributed by atoms with van der Waals surface area (Å²) in [5.41, 5.74) is 0.493. The first-order valence-corrected chi connectivity index (χ1v) is 5.85. The predicted octanol–water partition coefficient (Wildman–Crippen LogP) is 0.839. The molecular formula is C13H15NO4. The standard InChI is InChI=1S/C13H15NO4/c15-8-9-4-5-14(7-9)12(16)10-2-1-3-11(6-10)13(17)18/h1-3,6,9,15H,4-5,7-8H2,(H,17,18). The van der Waals surface area contributed by atoms with Crippen molar-refractivity contribution in [3.05, 3.63) is 35.4 Å². The van der Waals surface area contributed by atoms with Crippen molar-refractivity contribution in [2.75, 3.05) is 19.7 Å². The first kappa shape index (κ1) is 12.6. The second-order valence-corrected chi connectivity index (χ2v) is 4.47. The van der Waals surface area contributed by atoms with Crippen LogP contribution in [0.1, 0.15) is 27.1 Å². The van der Waals surface area contributed by atoms with E-state index in [0.29, 0.717) is 18.7 Å². The van der Waals surface area contributed by atoms with Crippen molar-refractivity contribution < 1.29 is 19.8 Å². The van der Waals surface area contributed by atoms with Gasteiger partial charge in [0.1, 0.15) is 0 Å². The number of hydrogen-bond acceptors (Lipinski definition) is 3. The van der Waals surface area contributed by atoms with Crippen molar-refractivity contribution in [3.8, 4) is 0 Å². The van der Waals surface area contributed by atoms with Crippen molar-refractivity contribution >= 4 is 11.9 Å². The number of carboxylic acid groups (broad SMARTS) is 1. The highest BCUT2D eigenvalue weighted by Gasteiger charge is 2.26. The van der Waals surface area contributed by atoms with Gasteiger partial charge in [-0.3, -0.25) is 4.79 Å². The Morgan fingerprint density at radius 2 is 2.06 bits per heavy atom. The van der Waals surface area contributed by atoms with E-state index < -0.39 is 5.97 Å². The van der Waals surface area contributed by atoms with Gasteiger partial charge in [-0.15, -0.1) is 0 Å². The van der Waals surface area contributed by atoms with Gasteiger partial charge >= 0.3 is 5.97 Å². The summed E-state index contributed by atoms with van der Waals surface area (Å²) in [7, 11) is 0. The number of likely N-dealkylation sites (tertiary alicyclic amines) is 1. The van der Waals surface area contributed by atoms with Crippen LogP contribution >= 0.6 is 0 Å². The summed E-state index contributed by atoms with van der Waals surface area (Å²) in [5, 5.41) is 17.9. The Hall–Kier alpha value is -1.88. The molecule has 1 heterocycles. The molecule has 1 aliphatic heterocycles. The van der Waals surface area contributed by atoms with E-state index in [-0.39, 0.29) is 24.0 Å². The molecule has 5 nitrogen and oxygen atoms in total. The van der Waals surface area contributed by atoms with E-state index in [1.165, 1.54) is 12.1 Å². The van der Waals surface area contributed by atoms with E-state index in [4.69, 9.17) is 10.2 Å². The van der Waals surface area contributed by atoms with Gasteiger partial charge in [0, 0.05) is 31.2 Å². The summed E-state index contributed by atoms with van der Waals surface area (Å²) in [6, 6.07) is 6.02. The normalized spacial score (nSPS) is 18.9. The molecule has 2 rings (SSSR count). The monoisotopic (exact) mass is 249 g/mol. The molecule has 0 aromatic heterocycles. The Balaban J connectivity index is 2.14. The molecule has 1 atom stereocenters. The van der Waals surface area contributed by atoms with Gasteiger partial charge in [0.15, 0.2) is 0 Å². The maximum Gasteiger partial charge on any atom is 0.335 e. The fourth-order valence-corrected chi connectivity index (χ4v) is 2.13. The van der Waals surface area contributed by atoms with Crippen LogP contribution in [0.4, 0.5) is 0 Å². The number of nitrogens with zero attached hydrogens (tertiary/aromatic N) is 1. The Morgan fingerprint density at radius 3 is 2.67 bits per heavy atom. The number of carbonyl (C=O) groups is 2. The highest BCUT2D eigenvalue weighted by molar-refractivity contribution is 5.97. The summed E-state index contributed by atoms with van der Waals surface area (Å²) in [4.78, 5) is 24.6. The second-order valence-electron chi connectivity index (χ2n) is 4.47. The Bertz CT molecular complexity index is 472. The van der Waals surface area contributed by atoms with Crippen LogP contribution in [0.5, 0.6) is 0 Å². The van der Waals surface area contributed by atoms with Crippen LogP contribution in [0.3, 0.4) is 0 Å². The van der Waals surface area contributed by atoms with E-state index in [1.807, 2.05) is 0 Å². The lowest BCUT2D eigenvalue weighted by Gasteiger charge is -2.16. The molecule has 1 saturated heterocycles. The number of carboxylic acids is 1. The fourth-order valence-electron chi connectivity index (χ4n) is 2.13. The number of carbonyl (C=O) groups excluding carboxylic acids is 1. The largest absolute Gasteiger partial charge is 0.478 e. The van der Waals surface area contributed by atoms with Crippen LogP contribution in [0, 0.1) is 5.92 Å². The van der Waals surface area contributed by atoms with Crippen molar-refractivity contribution in [1.82, 2.24) is 4.90 Å². The Kier molecular flexibility index (Phi) is 3.62. The molecule has 1 aromatic carbocycles. The molecule has 2 N–H and O–H groups in total. The molecule has 96 valence electrons. The minimum Gasteiger partial charge on any atom is -0.478 e. The highest BCUT2D eigenvalue weighted by Crippen LogP contribution is 2.18. The first-order valence-electron chi connectivity index (χ1n) is 5.85. The molecule has 1 aliphatic rings. The zero-order valence-corrected chi connectivity index (χ0v) is 9.87. The maximum absolute atomic E-state index is 12.1. The third-order valence-corrected chi connectivity index (χ3v) is 3.19. The minimum atomic E-state index is -1.04. The molecule has 1 unspecified atom stereocenters. The number of amides is 1. The molecule has 0 radical (unpaired) electrons. The Labute approximate surface area is 105 Å². The topological polar surface area (TPSA) is 77.8 Å². The second kappa shape index (κ2) is 5.18. The number of rotatable bonds is 3. The zero-order chi connectivity index (χ0) is 13.1. The van der Waals surface area contributed by atoms with Crippen molar-refractivity contribution in [2.24, 2.45) is 5.92 Å². The maximum atomic E-state index is 12.1. The summed E-state index contributed by atoms with van der Waals surface area (Å²) < 4.78 is 0. The zero-order valence-electron chi connectivity index (χ0n) is 9.87. The van der Waals surface area contributed by atoms with Gasteiger partial charge in [-0.1, -0.05) is 6.07 Å². The number of aliphatic hydroxyl groups excluding tert-OH is 1. The smallest absolute Gasteiger partial charge is 0.335 e. The summed E-state index contributed by atoms with van der Waals surface area (Å²) >= 11 is 0. The van der Waals surface area contributed by atoms with E-state index in [0.717, 1.165) is 6.42 Å². The van der Waals surface area contributed by atoms with Crippen LogP contribution in [0.2, 0.25) is 0 Å². The molecule has 18 heavy (non-hydrogen) atoms. The molecule has 0 spiro atoms. The molecule has 1 aromatic rings. The number of benzene rings is 1.